The lowest BCUT2D eigenvalue weighted by atomic mass is 10.2. The molecule has 8 nitrogen and oxygen atoms in total. The second-order valence-electron chi connectivity index (χ2n) is 4.24. The van der Waals surface area contributed by atoms with Gasteiger partial charge in [0.2, 0.25) is 0 Å². The van der Waals surface area contributed by atoms with Gasteiger partial charge in [0.1, 0.15) is 5.75 Å². The van der Waals surface area contributed by atoms with Crippen LogP contribution in [0.25, 0.3) is 0 Å². The Labute approximate surface area is 120 Å². The molecule has 0 saturated carbocycles. The van der Waals surface area contributed by atoms with Crippen molar-refractivity contribution >= 4 is 17.6 Å². The van der Waals surface area contributed by atoms with Crippen molar-refractivity contribution in [3.63, 3.8) is 0 Å². The lowest BCUT2D eigenvalue weighted by Crippen LogP contribution is -2.29. The zero-order valence-corrected chi connectivity index (χ0v) is 11.3. The monoisotopic (exact) mass is 296 g/mol. The maximum absolute atomic E-state index is 11.4. The van der Waals surface area contributed by atoms with Crippen molar-refractivity contribution in [2.24, 2.45) is 0 Å². The average molecular weight is 296 g/mol. The first-order valence-corrected chi connectivity index (χ1v) is 6.35. The smallest absolute Gasteiger partial charge is 0.303 e. The van der Waals surface area contributed by atoms with E-state index < -0.39 is 10.9 Å². The number of rotatable bonds is 9. The van der Waals surface area contributed by atoms with Crippen molar-refractivity contribution in [3.8, 4) is 5.75 Å². The van der Waals surface area contributed by atoms with Gasteiger partial charge in [-0.05, 0) is 25.0 Å². The lowest BCUT2D eigenvalue weighted by molar-refractivity contribution is -0.384. The molecule has 114 valence electrons. The highest BCUT2D eigenvalue weighted by molar-refractivity contribution is 5.77. The van der Waals surface area contributed by atoms with Crippen molar-refractivity contribution < 1.29 is 24.4 Å². The molecule has 1 aromatic carbocycles. The van der Waals surface area contributed by atoms with Gasteiger partial charge in [-0.25, -0.2) is 0 Å². The Morgan fingerprint density at radius 1 is 1.24 bits per heavy atom. The van der Waals surface area contributed by atoms with Gasteiger partial charge in [-0.2, -0.15) is 0 Å². The van der Waals surface area contributed by atoms with Gasteiger partial charge in [0.25, 0.3) is 11.6 Å². The van der Waals surface area contributed by atoms with E-state index in [1.807, 2.05) is 0 Å². The van der Waals surface area contributed by atoms with Crippen molar-refractivity contribution in [1.82, 2.24) is 5.32 Å². The van der Waals surface area contributed by atoms with E-state index in [-0.39, 0.29) is 24.6 Å². The summed E-state index contributed by atoms with van der Waals surface area (Å²) in [6, 6.07) is 5.41. The molecule has 0 aromatic heterocycles. The molecule has 21 heavy (non-hydrogen) atoms. The van der Waals surface area contributed by atoms with E-state index >= 15 is 0 Å². The summed E-state index contributed by atoms with van der Waals surface area (Å²) in [5.41, 5.74) is -0.0507. The van der Waals surface area contributed by atoms with E-state index in [1.165, 1.54) is 24.3 Å². The van der Waals surface area contributed by atoms with Crippen molar-refractivity contribution in [1.29, 1.82) is 0 Å². The van der Waals surface area contributed by atoms with Gasteiger partial charge in [-0.15, -0.1) is 0 Å². The summed E-state index contributed by atoms with van der Waals surface area (Å²) in [5.74, 6) is -0.826. The van der Waals surface area contributed by atoms with E-state index in [0.717, 1.165) is 0 Å². The number of nitro benzene ring substituents is 1. The fraction of sp³-hybridized carbons (Fsp3) is 0.385. The molecule has 0 fully saturated rings. The zero-order valence-electron chi connectivity index (χ0n) is 11.3. The first-order chi connectivity index (χ1) is 9.99. The first-order valence-electron chi connectivity index (χ1n) is 6.35. The number of benzene rings is 1. The maximum atomic E-state index is 11.4. The fourth-order valence-electron chi connectivity index (χ4n) is 1.49. The summed E-state index contributed by atoms with van der Waals surface area (Å²) in [4.78, 5) is 31.6. The van der Waals surface area contributed by atoms with Gasteiger partial charge >= 0.3 is 5.97 Å². The van der Waals surface area contributed by atoms with E-state index in [0.29, 0.717) is 25.1 Å². The Morgan fingerprint density at radius 2 is 1.90 bits per heavy atom. The van der Waals surface area contributed by atoms with Crippen LogP contribution < -0.4 is 10.1 Å². The van der Waals surface area contributed by atoms with Gasteiger partial charge < -0.3 is 15.2 Å². The second-order valence-corrected chi connectivity index (χ2v) is 4.24. The number of carboxylic acid groups (broad SMARTS) is 1. The molecule has 0 unspecified atom stereocenters. The third-order valence-corrected chi connectivity index (χ3v) is 2.56. The summed E-state index contributed by atoms with van der Waals surface area (Å²) in [6.45, 7) is 0.187. The van der Waals surface area contributed by atoms with Crippen LogP contribution in [0.3, 0.4) is 0 Å². The minimum Gasteiger partial charge on any atom is -0.484 e. The topological polar surface area (TPSA) is 119 Å². The predicted molar refractivity (Wildman–Crippen MR) is 73.1 cm³/mol. The van der Waals surface area contributed by atoms with Crippen molar-refractivity contribution in [2.45, 2.75) is 19.3 Å². The number of aliphatic carboxylic acids is 1. The Kier molecular flexibility index (Phi) is 6.66. The van der Waals surface area contributed by atoms with Crippen LogP contribution in [0.5, 0.6) is 5.75 Å². The number of carbonyl (C=O) groups is 2. The molecule has 0 bridgehead atoms. The van der Waals surface area contributed by atoms with Crippen LogP contribution in [0.2, 0.25) is 0 Å². The average Bonchev–Trinajstić information content (AvgIpc) is 2.44. The quantitative estimate of drug-likeness (QED) is 0.403. The van der Waals surface area contributed by atoms with Crippen LogP contribution in [0.1, 0.15) is 19.3 Å². The van der Waals surface area contributed by atoms with Gasteiger partial charge in [-0.1, -0.05) is 0 Å². The molecule has 1 aromatic rings. The number of nitrogens with one attached hydrogen (secondary N) is 1. The van der Waals surface area contributed by atoms with Crippen molar-refractivity contribution in [3.05, 3.63) is 34.4 Å². The Morgan fingerprint density at radius 3 is 2.48 bits per heavy atom. The van der Waals surface area contributed by atoms with E-state index in [2.05, 4.69) is 5.32 Å². The molecule has 1 amide bonds. The molecule has 0 saturated heterocycles. The minimum absolute atomic E-state index is 0.0507. The first kappa shape index (κ1) is 16.4. The Hall–Kier alpha value is -2.64. The normalized spacial score (nSPS) is 9.90. The van der Waals surface area contributed by atoms with E-state index in [1.54, 1.807) is 0 Å². The minimum atomic E-state index is -0.858. The van der Waals surface area contributed by atoms with Gasteiger partial charge in [0.05, 0.1) is 4.92 Å². The summed E-state index contributed by atoms with van der Waals surface area (Å²) < 4.78 is 5.17. The molecule has 0 heterocycles. The van der Waals surface area contributed by atoms with Gasteiger partial charge in [0.15, 0.2) is 6.61 Å². The van der Waals surface area contributed by atoms with Gasteiger partial charge in [-0.3, -0.25) is 19.7 Å². The molecule has 0 aliphatic carbocycles. The number of amides is 1. The largest absolute Gasteiger partial charge is 0.484 e. The third-order valence-electron chi connectivity index (χ3n) is 2.56. The van der Waals surface area contributed by atoms with E-state index in [9.17, 15) is 19.7 Å². The lowest BCUT2D eigenvalue weighted by Gasteiger charge is -2.07. The molecule has 8 heteroatoms. The Balaban J connectivity index is 2.20. The molecule has 0 spiro atoms. The number of carbonyl (C=O) groups excluding carboxylic acids is 1. The van der Waals surface area contributed by atoms with Crippen LogP contribution in [0.15, 0.2) is 24.3 Å². The van der Waals surface area contributed by atoms with Crippen LogP contribution in [0.4, 0.5) is 5.69 Å². The SMILES string of the molecule is O=C(O)CCCCNC(=O)COc1ccc([N+](=O)[O-])cc1. The maximum Gasteiger partial charge on any atom is 0.303 e. The van der Waals surface area contributed by atoms with Gasteiger partial charge in [0, 0.05) is 25.1 Å². The molecule has 1 rings (SSSR count). The summed E-state index contributed by atoms with van der Waals surface area (Å²) in [6.07, 6.45) is 1.16. The Bertz CT molecular complexity index is 500. The number of non-ortho nitro benzene ring substituents is 1. The number of hydrogen-bond donors (Lipinski definition) is 2. The van der Waals surface area contributed by atoms with Crippen LogP contribution in [-0.2, 0) is 9.59 Å². The van der Waals surface area contributed by atoms with Crippen LogP contribution >= 0.6 is 0 Å². The fourth-order valence-corrected chi connectivity index (χ4v) is 1.49. The summed E-state index contributed by atoms with van der Waals surface area (Å²) in [7, 11) is 0. The standard InChI is InChI=1S/C13H16N2O6/c16-12(14-8-2-1-3-13(17)18)9-21-11-6-4-10(5-7-11)15(19)20/h4-7H,1-3,8-9H2,(H,14,16)(H,17,18). The number of nitrogens with zero attached hydrogens (tertiary/aromatic N) is 1. The van der Waals surface area contributed by atoms with E-state index in [4.69, 9.17) is 9.84 Å². The molecule has 0 aliphatic heterocycles. The molecular formula is C13H16N2O6. The summed E-state index contributed by atoms with van der Waals surface area (Å²) >= 11 is 0. The molecule has 2 N–H and O–H groups in total. The van der Waals surface area contributed by atoms with Crippen LogP contribution in [-0.4, -0.2) is 35.1 Å². The second kappa shape index (κ2) is 8.51. The highest BCUT2D eigenvalue weighted by atomic mass is 16.6. The number of nitro groups is 1. The third kappa shape index (κ3) is 6.90. The highest BCUT2D eigenvalue weighted by Crippen LogP contribution is 2.16. The zero-order chi connectivity index (χ0) is 15.7. The van der Waals surface area contributed by atoms with Crippen LogP contribution in [0, 0.1) is 10.1 Å². The number of hydrogen-bond acceptors (Lipinski definition) is 5. The predicted octanol–water partition coefficient (Wildman–Crippen LogP) is 1.34. The van der Waals surface area contributed by atoms with Crippen molar-refractivity contribution in [2.75, 3.05) is 13.2 Å². The highest BCUT2D eigenvalue weighted by Gasteiger charge is 2.06. The number of ether oxygens (including phenoxy) is 1. The number of unbranched alkanes of at least 4 members (excludes halogenated alkanes) is 1. The number of carboxylic acids is 1. The molecular weight excluding hydrogens is 280 g/mol. The molecule has 0 radical (unpaired) electrons. The molecule has 0 atom stereocenters. The summed E-state index contributed by atoms with van der Waals surface area (Å²) in [5, 5.41) is 21.5. The molecule has 0 aliphatic rings.